The van der Waals surface area contributed by atoms with Gasteiger partial charge in [0.1, 0.15) is 29.4 Å². The highest BCUT2D eigenvalue weighted by atomic mass is 32.1. The van der Waals surface area contributed by atoms with E-state index in [0.717, 1.165) is 18.2 Å². The van der Waals surface area contributed by atoms with Crippen LogP contribution in [0.5, 0.6) is 0 Å². The molecule has 9 heteroatoms. The van der Waals surface area contributed by atoms with Gasteiger partial charge in [-0.05, 0) is 24.3 Å². The van der Waals surface area contributed by atoms with E-state index in [1.807, 2.05) is 7.05 Å². The summed E-state index contributed by atoms with van der Waals surface area (Å²) in [6.45, 7) is 0. The molecule has 0 spiro atoms. The third-order valence-electron chi connectivity index (χ3n) is 4.01. The van der Waals surface area contributed by atoms with E-state index < -0.39 is 17.5 Å². The Morgan fingerprint density at radius 3 is 2.43 bits per heavy atom. The lowest BCUT2D eigenvalue weighted by atomic mass is 10.0. The Morgan fingerprint density at radius 1 is 1.00 bits per heavy atom. The van der Waals surface area contributed by atoms with E-state index in [0.29, 0.717) is 28.0 Å². The molecule has 0 fully saturated rings. The second-order valence-electron chi connectivity index (χ2n) is 5.92. The van der Waals surface area contributed by atoms with Gasteiger partial charge in [0.25, 0.3) is 0 Å². The van der Waals surface area contributed by atoms with E-state index in [1.165, 1.54) is 12.4 Å². The SMILES string of the molecule is Cn1cc(-c2cccc(N)c2F)c2c(N)ncnc21.Fc1ccc(F)c(S)c1. The van der Waals surface area contributed by atoms with Gasteiger partial charge >= 0.3 is 0 Å². The molecule has 0 atom stereocenters. The van der Waals surface area contributed by atoms with Gasteiger partial charge < -0.3 is 16.0 Å². The van der Waals surface area contributed by atoms with E-state index >= 15 is 0 Å². The second kappa shape index (κ2) is 7.81. The molecule has 0 amide bonds. The molecule has 2 heterocycles. The molecule has 5 nitrogen and oxygen atoms in total. The summed E-state index contributed by atoms with van der Waals surface area (Å²) in [6, 6.07) is 7.99. The van der Waals surface area contributed by atoms with Gasteiger partial charge in [-0.25, -0.2) is 23.1 Å². The van der Waals surface area contributed by atoms with Crippen LogP contribution in [0.4, 0.5) is 24.7 Å². The fraction of sp³-hybridized carbons (Fsp3) is 0.0526. The summed E-state index contributed by atoms with van der Waals surface area (Å²) in [5, 5.41) is 0.634. The van der Waals surface area contributed by atoms with Gasteiger partial charge in [-0.3, -0.25) is 0 Å². The number of rotatable bonds is 1. The Bertz CT molecular complexity index is 1160. The average molecular weight is 403 g/mol. The highest BCUT2D eigenvalue weighted by Gasteiger charge is 2.17. The summed E-state index contributed by atoms with van der Waals surface area (Å²) in [5.41, 5.74) is 13.3. The molecule has 0 radical (unpaired) electrons. The summed E-state index contributed by atoms with van der Waals surface area (Å²) < 4.78 is 40.3. The number of fused-ring (bicyclic) bond motifs is 1. The third-order valence-corrected chi connectivity index (χ3v) is 4.35. The van der Waals surface area contributed by atoms with E-state index in [4.69, 9.17) is 11.5 Å². The molecule has 0 saturated heterocycles. The number of nitrogens with zero attached hydrogens (tertiary/aromatic N) is 3. The van der Waals surface area contributed by atoms with E-state index in [-0.39, 0.29) is 10.6 Å². The van der Waals surface area contributed by atoms with Crippen molar-refractivity contribution in [3.63, 3.8) is 0 Å². The standard InChI is InChI=1S/C13H12FN5.C6H4F2S/c1-19-5-8(7-3-2-4-9(15)11(7)14)10-12(16)17-6-18-13(10)19;7-4-1-2-5(8)6(9)3-4/h2-6H,15H2,1H3,(H2,16,17,18);1-3,9H. The normalized spacial score (nSPS) is 10.6. The summed E-state index contributed by atoms with van der Waals surface area (Å²) in [6.07, 6.45) is 3.16. The zero-order valence-corrected chi connectivity index (χ0v) is 15.6. The number of nitrogens with two attached hydrogens (primary N) is 2. The van der Waals surface area contributed by atoms with Crippen molar-refractivity contribution in [2.45, 2.75) is 4.90 Å². The topological polar surface area (TPSA) is 82.8 Å². The number of aromatic nitrogens is 3. The van der Waals surface area contributed by atoms with Crippen LogP contribution in [0.3, 0.4) is 0 Å². The lowest BCUT2D eigenvalue weighted by Gasteiger charge is -2.04. The van der Waals surface area contributed by atoms with Crippen molar-refractivity contribution in [3.05, 3.63) is 66.4 Å². The maximum Gasteiger partial charge on any atom is 0.153 e. The maximum absolute atomic E-state index is 14.1. The molecule has 2 aromatic heterocycles. The van der Waals surface area contributed by atoms with E-state index in [1.54, 1.807) is 22.9 Å². The highest BCUT2D eigenvalue weighted by molar-refractivity contribution is 7.80. The first-order valence-electron chi connectivity index (χ1n) is 8.03. The van der Waals surface area contributed by atoms with Crippen LogP contribution in [0.15, 0.2) is 53.8 Å². The number of thiol groups is 1. The minimum atomic E-state index is -0.500. The molecule has 0 aliphatic heterocycles. The van der Waals surface area contributed by atoms with Crippen molar-refractivity contribution in [2.75, 3.05) is 11.5 Å². The van der Waals surface area contributed by atoms with Crippen molar-refractivity contribution >= 4 is 35.2 Å². The fourth-order valence-corrected chi connectivity index (χ4v) is 2.88. The first-order chi connectivity index (χ1) is 13.3. The summed E-state index contributed by atoms with van der Waals surface area (Å²) in [4.78, 5) is 8.15. The van der Waals surface area contributed by atoms with Gasteiger partial charge in [0.2, 0.25) is 0 Å². The number of aryl methyl sites for hydroxylation is 1. The molecule has 0 saturated carbocycles. The molecular formula is C19H16F3N5S. The molecule has 2 aromatic carbocycles. The first-order valence-corrected chi connectivity index (χ1v) is 8.48. The van der Waals surface area contributed by atoms with Crippen molar-refractivity contribution in [3.8, 4) is 11.1 Å². The molecule has 0 unspecified atom stereocenters. The average Bonchev–Trinajstić information content (AvgIpc) is 2.99. The zero-order valence-electron chi connectivity index (χ0n) is 14.7. The third kappa shape index (κ3) is 3.74. The Hall–Kier alpha value is -3.20. The second-order valence-corrected chi connectivity index (χ2v) is 6.40. The van der Waals surface area contributed by atoms with Crippen LogP contribution in [0, 0.1) is 17.5 Å². The Morgan fingerprint density at radius 2 is 1.75 bits per heavy atom. The van der Waals surface area contributed by atoms with Crippen molar-refractivity contribution < 1.29 is 13.2 Å². The predicted molar refractivity (Wildman–Crippen MR) is 106 cm³/mol. The summed E-state index contributed by atoms with van der Waals surface area (Å²) >= 11 is 3.65. The monoisotopic (exact) mass is 403 g/mol. The number of hydrogen-bond acceptors (Lipinski definition) is 5. The minimum Gasteiger partial charge on any atom is -0.396 e. The van der Waals surface area contributed by atoms with Crippen LogP contribution < -0.4 is 11.5 Å². The van der Waals surface area contributed by atoms with Gasteiger partial charge in [-0.1, -0.05) is 12.1 Å². The molecular weight excluding hydrogens is 387 g/mol. The molecule has 0 aliphatic carbocycles. The molecule has 0 bridgehead atoms. The lowest BCUT2D eigenvalue weighted by molar-refractivity contribution is 0.578. The fourth-order valence-electron chi connectivity index (χ4n) is 2.68. The van der Waals surface area contributed by atoms with E-state index in [9.17, 15) is 13.2 Å². The first kappa shape index (κ1) is 19.6. The molecule has 0 aliphatic rings. The molecule has 4 rings (SSSR count). The minimum absolute atomic E-state index is 0.0370. The van der Waals surface area contributed by atoms with Gasteiger partial charge in [0, 0.05) is 29.3 Å². The van der Waals surface area contributed by atoms with Gasteiger partial charge in [0.15, 0.2) is 5.82 Å². The summed E-state index contributed by atoms with van der Waals surface area (Å²) in [5.74, 6) is -1.11. The van der Waals surface area contributed by atoms with Crippen molar-refractivity contribution in [1.82, 2.24) is 14.5 Å². The number of hydrogen-bond donors (Lipinski definition) is 3. The van der Waals surface area contributed by atoms with Crippen LogP contribution in [-0.4, -0.2) is 14.5 Å². The number of halogens is 3. The lowest BCUT2D eigenvalue weighted by Crippen LogP contribution is -1.95. The smallest absolute Gasteiger partial charge is 0.153 e. The molecule has 144 valence electrons. The Kier molecular flexibility index (Phi) is 5.46. The van der Waals surface area contributed by atoms with Gasteiger partial charge in [0.05, 0.1) is 11.1 Å². The Labute approximate surface area is 164 Å². The van der Waals surface area contributed by atoms with Crippen LogP contribution in [0.25, 0.3) is 22.2 Å². The quantitative estimate of drug-likeness (QED) is 0.329. The summed E-state index contributed by atoms with van der Waals surface area (Å²) in [7, 11) is 1.82. The van der Waals surface area contributed by atoms with E-state index in [2.05, 4.69) is 22.6 Å². The molecule has 4 N–H and O–H groups in total. The van der Waals surface area contributed by atoms with Crippen LogP contribution in [0.1, 0.15) is 0 Å². The molecule has 4 aromatic rings. The molecule has 28 heavy (non-hydrogen) atoms. The number of anilines is 2. The predicted octanol–water partition coefficient (Wildman–Crippen LogP) is 4.19. The van der Waals surface area contributed by atoms with Crippen molar-refractivity contribution in [1.29, 1.82) is 0 Å². The van der Waals surface area contributed by atoms with Crippen LogP contribution >= 0.6 is 12.6 Å². The number of nitrogen functional groups attached to an aromatic ring is 2. The maximum atomic E-state index is 14.1. The van der Waals surface area contributed by atoms with Crippen LogP contribution in [-0.2, 0) is 7.05 Å². The largest absolute Gasteiger partial charge is 0.396 e. The number of benzene rings is 2. The highest BCUT2D eigenvalue weighted by Crippen LogP contribution is 2.34. The zero-order chi connectivity index (χ0) is 20.4. The van der Waals surface area contributed by atoms with Gasteiger partial charge in [-0.2, -0.15) is 0 Å². The van der Waals surface area contributed by atoms with Gasteiger partial charge in [-0.15, -0.1) is 12.6 Å². The van der Waals surface area contributed by atoms with Crippen molar-refractivity contribution in [2.24, 2.45) is 7.05 Å². The van der Waals surface area contributed by atoms with Crippen LogP contribution in [0.2, 0.25) is 0 Å². The Balaban J connectivity index is 0.000000211.